The molecule has 2 aromatic rings. The minimum atomic E-state index is -3.69. The van der Waals surface area contributed by atoms with E-state index < -0.39 is 34.3 Å². The fraction of sp³-hybridized carbons (Fsp3) is 0.348. The first-order valence-electron chi connectivity index (χ1n) is 11.1. The highest BCUT2D eigenvalue weighted by molar-refractivity contribution is 7.89. The van der Waals surface area contributed by atoms with Crippen LogP contribution in [0.3, 0.4) is 0 Å². The first kappa shape index (κ1) is 27.7. The monoisotopic (exact) mass is 536 g/mol. The van der Waals surface area contributed by atoms with Gasteiger partial charge in [-0.05, 0) is 36.4 Å². The summed E-state index contributed by atoms with van der Waals surface area (Å²) >= 11 is 0. The van der Waals surface area contributed by atoms with Crippen molar-refractivity contribution in [1.29, 1.82) is 0 Å². The van der Waals surface area contributed by atoms with Crippen molar-refractivity contribution in [2.75, 3.05) is 54.2 Å². The molecule has 1 heterocycles. The quantitative estimate of drug-likeness (QED) is 0.372. The van der Waals surface area contributed by atoms with Crippen molar-refractivity contribution in [3.63, 3.8) is 0 Å². The molecule has 14 heteroatoms. The van der Waals surface area contributed by atoms with Crippen LogP contribution in [0.15, 0.2) is 41.3 Å². The SMILES string of the molecule is COc1cc(C(=O)NNC(=O)CNC(=O)c2ccc(S(=O)(=O)N3CCOCC3)cc2)cc(OC)c1OC. The van der Waals surface area contributed by atoms with E-state index in [2.05, 4.69) is 16.2 Å². The van der Waals surface area contributed by atoms with Gasteiger partial charge < -0.3 is 24.3 Å². The van der Waals surface area contributed by atoms with Gasteiger partial charge in [0, 0.05) is 24.2 Å². The summed E-state index contributed by atoms with van der Waals surface area (Å²) < 4.78 is 47.5. The summed E-state index contributed by atoms with van der Waals surface area (Å²) in [6.45, 7) is 0.725. The second-order valence-corrected chi connectivity index (χ2v) is 9.58. The van der Waals surface area contributed by atoms with Gasteiger partial charge in [0.1, 0.15) is 0 Å². The van der Waals surface area contributed by atoms with Crippen molar-refractivity contribution in [3.05, 3.63) is 47.5 Å². The van der Waals surface area contributed by atoms with Crippen LogP contribution < -0.4 is 30.4 Å². The second-order valence-electron chi connectivity index (χ2n) is 7.64. The number of nitrogens with zero attached hydrogens (tertiary/aromatic N) is 1. The summed E-state index contributed by atoms with van der Waals surface area (Å²) in [5.74, 6) is -1.12. The number of ether oxygens (including phenoxy) is 4. The van der Waals surface area contributed by atoms with E-state index in [1.807, 2.05) is 0 Å². The topological polar surface area (TPSA) is 162 Å². The number of rotatable bonds is 9. The van der Waals surface area contributed by atoms with Gasteiger partial charge in [-0.1, -0.05) is 0 Å². The number of nitrogens with one attached hydrogen (secondary N) is 3. The summed E-state index contributed by atoms with van der Waals surface area (Å²) in [5.41, 5.74) is 4.72. The average Bonchev–Trinajstić information content (AvgIpc) is 2.94. The highest BCUT2D eigenvalue weighted by atomic mass is 32.2. The van der Waals surface area contributed by atoms with Crippen molar-refractivity contribution < 1.29 is 41.7 Å². The molecule has 0 unspecified atom stereocenters. The lowest BCUT2D eigenvalue weighted by Crippen LogP contribution is -2.46. The van der Waals surface area contributed by atoms with Crippen LogP contribution in [0.1, 0.15) is 20.7 Å². The van der Waals surface area contributed by atoms with Gasteiger partial charge >= 0.3 is 0 Å². The molecule has 1 saturated heterocycles. The number of amides is 3. The van der Waals surface area contributed by atoms with Crippen LogP contribution >= 0.6 is 0 Å². The Balaban J connectivity index is 1.52. The van der Waals surface area contributed by atoms with E-state index in [0.717, 1.165) is 0 Å². The molecule has 1 fully saturated rings. The average molecular weight is 537 g/mol. The zero-order valence-electron chi connectivity index (χ0n) is 20.5. The molecule has 0 atom stereocenters. The molecule has 0 spiro atoms. The number of hydrogen-bond acceptors (Lipinski definition) is 9. The van der Waals surface area contributed by atoms with Gasteiger partial charge in [-0.25, -0.2) is 8.42 Å². The van der Waals surface area contributed by atoms with Crippen molar-refractivity contribution in [1.82, 2.24) is 20.5 Å². The van der Waals surface area contributed by atoms with Gasteiger partial charge in [0.25, 0.3) is 17.7 Å². The van der Waals surface area contributed by atoms with E-state index in [-0.39, 0.29) is 40.6 Å². The lowest BCUT2D eigenvalue weighted by molar-refractivity contribution is -0.120. The van der Waals surface area contributed by atoms with Crippen LogP contribution in [0, 0.1) is 0 Å². The zero-order chi connectivity index (χ0) is 27.0. The van der Waals surface area contributed by atoms with Gasteiger partial charge in [-0.3, -0.25) is 25.2 Å². The molecule has 1 aliphatic heterocycles. The second kappa shape index (κ2) is 12.4. The summed E-state index contributed by atoms with van der Waals surface area (Å²) in [6, 6.07) is 8.19. The van der Waals surface area contributed by atoms with Crippen molar-refractivity contribution in [2.24, 2.45) is 0 Å². The molecular formula is C23H28N4O9S. The Labute approximate surface area is 214 Å². The van der Waals surface area contributed by atoms with E-state index in [1.54, 1.807) is 0 Å². The predicted octanol–water partition coefficient (Wildman–Crippen LogP) is -0.0757. The highest BCUT2D eigenvalue weighted by Gasteiger charge is 2.26. The molecule has 0 radical (unpaired) electrons. The summed E-state index contributed by atoms with van der Waals surface area (Å²) in [7, 11) is 0.546. The Morgan fingerprint density at radius 3 is 2.00 bits per heavy atom. The standard InChI is InChI=1S/C23H28N4O9S/c1-33-18-12-16(13-19(34-2)21(18)35-3)23(30)26-25-20(28)14-24-22(29)15-4-6-17(7-5-15)37(31,32)27-8-10-36-11-9-27/h4-7,12-13H,8-11,14H2,1-3H3,(H,24,29)(H,25,28)(H,26,30). The Bertz CT molecular complexity index is 1220. The molecule has 0 aliphatic carbocycles. The molecular weight excluding hydrogens is 508 g/mol. The van der Waals surface area contributed by atoms with Crippen LogP contribution in [-0.2, 0) is 19.6 Å². The molecule has 3 N–H and O–H groups in total. The number of carbonyl (C=O) groups excluding carboxylic acids is 3. The zero-order valence-corrected chi connectivity index (χ0v) is 21.3. The highest BCUT2D eigenvalue weighted by Crippen LogP contribution is 2.38. The smallest absolute Gasteiger partial charge is 0.269 e. The van der Waals surface area contributed by atoms with Crippen LogP contribution in [0.5, 0.6) is 17.2 Å². The largest absolute Gasteiger partial charge is 0.493 e. The Morgan fingerprint density at radius 1 is 0.865 bits per heavy atom. The number of hydrogen-bond donors (Lipinski definition) is 3. The summed E-state index contributed by atoms with van der Waals surface area (Å²) in [6.07, 6.45) is 0. The van der Waals surface area contributed by atoms with Crippen molar-refractivity contribution in [3.8, 4) is 17.2 Å². The van der Waals surface area contributed by atoms with Gasteiger partial charge in [-0.15, -0.1) is 0 Å². The maximum atomic E-state index is 12.7. The maximum absolute atomic E-state index is 12.7. The van der Waals surface area contributed by atoms with E-state index >= 15 is 0 Å². The number of benzene rings is 2. The molecule has 37 heavy (non-hydrogen) atoms. The molecule has 13 nitrogen and oxygen atoms in total. The fourth-order valence-corrected chi connectivity index (χ4v) is 4.84. The molecule has 0 aromatic heterocycles. The first-order valence-corrected chi connectivity index (χ1v) is 12.5. The maximum Gasteiger partial charge on any atom is 0.269 e. The predicted molar refractivity (Wildman–Crippen MR) is 130 cm³/mol. The molecule has 0 bridgehead atoms. The van der Waals surface area contributed by atoms with Crippen LogP contribution in [-0.4, -0.2) is 84.6 Å². The number of carbonyl (C=O) groups is 3. The third-order valence-corrected chi connectivity index (χ3v) is 7.29. The van der Waals surface area contributed by atoms with Gasteiger partial charge in [0.15, 0.2) is 11.5 Å². The molecule has 3 rings (SSSR count). The minimum absolute atomic E-state index is 0.0539. The van der Waals surface area contributed by atoms with Crippen molar-refractivity contribution in [2.45, 2.75) is 4.90 Å². The summed E-state index contributed by atoms with van der Waals surface area (Å²) in [5, 5.41) is 2.40. The fourth-order valence-electron chi connectivity index (χ4n) is 3.43. The molecule has 200 valence electrons. The van der Waals surface area contributed by atoms with E-state index in [9.17, 15) is 22.8 Å². The van der Waals surface area contributed by atoms with Crippen molar-refractivity contribution >= 4 is 27.7 Å². The molecule has 0 saturated carbocycles. The number of methoxy groups -OCH3 is 3. The lowest BCUT2D eigenvalue weighted by Gasteiger charge is -2.26. The third kappa shape index (κ3) is 6.67. The van der Waals surface area contributed by atoms with E-state index in [0.29, 0.717) is 19.0 Å². The van der Waals surface area contributed by atoms with Crippen LogP contribution in [0.2, 0.25) is 0 Å². The molecule has 1 aliphatic rings. The van der Waals surface area contributed by atoms with Gasteiger partial charge in [0.2, 0.25) is 15.8 Å². The Morgan fingerprint density at radius 2 is 1.46 bits per heavy atom. The Hall–Kier alpha value is -3.88. The number of hydrazine groups is 1. The number of sulfonamides is 1. The van der Waals surface area contributed by atoms with Crippen LogP contribution in [0.4, 0.5) is 0 Å². The molecule has 2 aromatic carbocycles. The minimum Gasteiger partial charge on any atom is -0.493 e. The van der Waals surface area contributed by atoms with Gasteiger partial charge in [0.05, 0.1) is 46.0 Å². The van der Waals surface area contributed by atoms with E-state index in [1.165, 1.54) is 62.0 Å². The number of morpholine rings is 1. The third-order valence-electron chi connectivity index (χ3n) is 5.38. The first-order chi connectivity index (χ1) is 17.7. The summed E-state index contributed by atoms with van der Waals surface area (Å²) in [4.78, 5) is 37.0. The van der Waals surface area contributed by atoms with E-state index in [4.69, 9.17) is 18.9 Å². The van der Waals surface area contributed by atoms with Gasteiger partial charge in [-0.2, -0.15) is 4.31 Å². The van der Waals surface area contributed by atoms with Crippen LogP contribution in [0.25, 0.3) is 0 Å². The lowest BCUT2D eigenvalue weighted by atomic mass is 10.1. The Kier molecular flexibility index (Phi) is 9.27. The normalized spacial score (nSPS) is 13.8. The molecule has 3 amide bonds.